The third kappa shape index (κ3) is 4.46. The lowest BCUT2D eigenvalue weighted by Gasteiger charge is -2.10. The molecule has 0 spiro atoms. The van der Waals surface area contributed by atoms with Gasteiger partial charge in [0.05, 0.1) is 5.69 Å². The van der Waals surface area contributed by atoms with Crippen molar-refractivity contribution in [2.75, 3.05) is 0 Å². The Morgan fingerprint density at radius 1 is 1.18 bits per heavy atom. The van der Waals surface area contributed by atoms with Gasteiger partial charge < -0.3 is 5.11 Å². The van der Waals surface area contributed by atoms with Crippen molar-refractivity contribution in [3.8, 4) is 11.3 Å². The molecule has 1 aromatic heterocycles. The van der Waals surface area contributed by atoms with E-state index < -0.39 is 11.5 Å². The van der Waals surface area contributed by atoms with Crippen LogP contribution in [-0.2, 0) is 13.0 Å². The van der Waals surface area contributed by atoms with Crippen molar-refractivity contribution in [2.24, 2.45) is 0 Å². The lowest BCUT2D eigenvalue weighted by Crippen LogP contribution is -2.29. The van der Waals surface area contributed by atoms with Gasteiger partial charge in [-0.1, -0.05) is 23.7 Å². The summed E-state index contributed by atoms with van der Waals surface area (Å²) in [5.74, 6) is -1.68. The summed E-state index contributed by atoms with van der Waals surface area (Å²) >= 11 is 5.87. The quantitative estimate of drug-likeness (QED) is 0.668. The second kappa shape index (κ2) is 8.35. The van der Waals surface area contributed by atoms with E-state index in [0.29, 0.717) is 34.7 Å². The van der Waals surface area contributed by atoms with E-state index in [9.17, 15) is 19.1 Å². The minimum Gasteiger partial charge on any atom is -0.477 e. The third-order valence-electron chi connectivity index (χ3n) is 4.41. The third-order valence-corrected chi connectivity index (χ3v) is 4.66. The first kappa shape index (κ1) is 19.8. The number of hydrogen-bond donors (Lipinski definition) is 1. The van der Waals surface area contributed by atoms with Crippen LogP contribution < -0.4 is 5.56 Å². The first-order valence-corrected chi connectivity index (χ1v) is 9.09. The Hall–Kier alpha value is -2.99. The molecule has 0 radical (unpaired) electrons. The molecule has 0 atom stereocenters. The molecule has 0 unspecified atom stereocenters. The summed E-state index contributed by atoms with van der Waals surface area (Å²) in [6.07, 6.45) is 1.28. The number of carboxylic acid groups (broad SMARTS) is 1. The summed E-state index contributed by atoms with van der Waals surface area (Å²) in [5, 5.41) is 14.3. The lowest BCUT2D eigenvalue weighted by atomic mass is 10.1. The van der Waals surface area contributed by atoms with Gasteiger partial charge in [0, 0.05) is 17.1 Å². The number of carbonyl (C=O) groups is 1. The molecule has 0 aliphatic rings. The highest BCUT2D eigenvalue weighted by atomic mass is 35.5. The average molecular weight is 401 g/mol. The molecule has 1 heterocycles. The number of aryl methyl sites for hydroxylation is 3. The van der Waals surface area contributed by atoms with Gasteiger partial charge in [-0.3, -0.25) is 4.79 Å². The van der Waals surface area contributed by atoms with Crippen molar-refractivity contribution < 1.29 is 14.3 Å². The molecule has 0 aliphatic carbocycles. The van der Waals surface area contributed by atoms with E-state index in [1.54, 1.807) is 25.1 Å². The van der Waals surface area contributed by atoms with E-state index in [1.807, 2.05) is 12.1 Å². The highest BCUT2D eigenvalue weighted by Gasteiger charge is 2.16. The molecule has 28 heavy (non-hydrogen) atoms. The molecule has 1 N–H and O–H groups in total. The Morgan fingerprint density at radius 2 is 1.89 bits per heavy atom. The zero-order valence-corrected chi connectivity index (χ0v) is 15.9. The number of nitrogens with zero attached hydrogens (tertiary/aromatic N) is 2. The maximum atomic E-state index is 13.5. The van der Waals surface area contributed by atoms with Crippen LogP contribution in [0.3, 0.4) is 0 Å². The number of aromatic carboxylic acids is 1. The van der Waals surface area contributed by atoms with Gasteiger partial charge in [-0.25, -0.2) is 13.9 Å². The average Bonchev–Trinajstić information content (AvgIpc) is 2.66. The van der Waals surface area contributed by atoms with E-state index in [-0.39, 0.29) is 17.9 Å². The van der Waals surface area contributed by atoms with E-state index in [1.165, 1.54) is 18.2 Å². The fourth-order valence-corrected chi connectivity index (χ4v) is 3.00. The topological polar surface area (TPSA) is 72.2 Å². The van der Waals surface area contributed by atoms with Gasteiger partial charge in [0.1, 0.15) is 11.4 Å². The molecule has 0 amide bonds. The molecule has 7 heteroatoms. The van der Waals surface area contributed by atoms with Gasteiger partial charge in [-0.2, -0.15) is 5.10 Å². The van der Waals surface area contributed by atoms with Crippen LogP contribution in [0.1, 0.15) is 27.9 Å². The van der Waals surface area contributed by atoms with Crippen LogP contribution in [0.2, 0.25) is 5.02 Å². The van der Waals surface area contributed by atoms with E-state index in [0.717, 1.165) is 10.2 Å². The summed E-state index contributed by atoms with van der Waals surface area (Å²) < 4.78 is 14.7. The monoisotopic (exact) mass is 400 g/mol. The largest absolute Gasteiger partial charge is 0.477 e. The zero-order valence-electron chi connectivity index (χ0n) is 15.2. The van der Waals surface area contributed by atoms with Crippen molar-refractivity contribution in [2.45, 2.75) is 26.3 Å². The van der Waals surface area contributed by atoms with Crippen LogP contribution >= 0.6 is 11.6 Å². The van der Waals surface area contributed by atoms with E-state index >= 15 is 0 Å². The zero-order chi connectivity index (χ0) is 20.3. The van der Waals surface area contributed by atoms with E-state index in [2.05, 4.69) is 5.10 Å². The predicted octanol–water partition coefficient (Wildman–Crippen LogP) is 4.34. The van der Waals surface area contributed by atoms with Gasteiger partial charge in [0.2, 0.25) is 0 Å². The van der Waals surface area contributed by atoms with Gasteiger partial charge in [0.15, 0.2) is 0 Å². The smallest absolute Gasteiger partial charge is 0.341 e. The Balaban J connectivity index is 1.89. The Morgan fingerprint density at radius 3 is 2.54 bits per heavy atom. The molecule has 3 rings (SSSR count). The number of aromatic nitrogens is 2. The fourth-order valence-electron chi connectivity index (χ4n) is 2.88. The molecule has 0 saturated carbocycles. The minimum atomic E-state index is -1.32. The van der Waals surface area contributed by atoms with Crippen molar-refractivity contribution in [1.82, 2.24) is 9.78 Å². The van der Waals surface area contributed by atoms with Crippen LogP contribution in [0, 0.1) is 12.7 Å². The summed E-state index contributed by atoms with van der Waals surface area (Å²) in [7, 11) is 0. The van der Waals surface area contributed by atoms with Crippen molar-refractivity contribution in [3.05, 3.63) is 86.4 Å². The highest BCUT2D eigenvalue weighted by Crippen LogP contribution is 2.20. The van der Waals surface area contributed by atoms with Crippen molar-refractivity contribution in [1.29, 1.82) is 0 Å². The first-order chi connectivity index (χ1) is 13.3. The molecule has 0 bridgehead atoms. The van der Waals surface area contributed by atoms with Gasteiger partial charge >= 0.3 is 5.97 Å². The molecule has 0 aliphatic heterocycles. The Labute approximate surface area is 166 Å². The molecule has 5 nitrogen and oxygen atoms in total. The van der Waals surface area contributed by atoms with Crippen LogP contribution in [0.5, 0.6) is 0 Å². The van der Waals surface area contributed by atoms with E-state index in [4.69, 9.17) is 11.6 Å². The van der Waals surface area contributed by atoms with Crippen LogP contribution in [0.15, 0.2) is 53.3 Å². The predicted molar refractivity (Wildman–Crippen MR) is 105 cm³/mol. The second-order valence-corrected chi connectivity index (χ2v) is 6.91. The molecule has 0 saturated heterocycles. The summed E-state index contributed by atoms with van der Waals surface area (Å²) in [4.78, 5) is 23.9. The fraction of sp³-hybridized carbons (Fsp3) is 0.190. The Kier molecular flexibility index (Phi) is 5.90. The number of rotatable bonds is 6. The van der Waals surface area contributed by atoms with Gasteiger partial charge in [-0.15, -0.1) is 0 Å². The summed E-state index contributed by atoms with van der Waals surface area (Å²) in [6, 6.07) is 13.0. The van der Waals surface area contributed by atoms with Gasteiger partial charge in [0.25, 0.3) is 5.56 Å². The summed E-state index contributed by atoms with van der Waals surface area (Å²) in [5.41, 5.74) is 1.31. The van der Waals surface area contributed by atoms with Crippen molar-refractivity contribution >= 4 is 17.6 Å². The summed E-state index contributed by atoms with van der Waals surface area (Å²) in [6.45, 7) is 1.87. The Bertz CT molecular complexity index is 1080. The first-order valence-electron chi connectivity index (χ1n) is 8.71. The number of halogens is 2. The molecular weight excluding hydrogens is 383 g/mol. The number of hydrogen-bond acceptors (Lipinski definition) is 3. The molecule has 0 fully saturated rings. The maximum Gasteiger partial charge on any atom is 0.341 e. The SMILES string of the molecule is Cc1cc(-c2cc(C(=O)O)c(=O)n(CCCc3ccc(Cl)cc3)n2)ccc1F. The van der Waals surface area contributed by atoms with Crippen LogP contribution in [0.4, 0.5) is 4.39 Å². The highest BCUT2D eigenvalue weighted by molar-refractivity contribution is 6.30. The number of carboxylic acids is 1. The molecular formula is C21H18ClFN2O3. The number of benzene rings is 2. The van der Waals surface area contributed by atoms with Crippen molar-refractivity contribution in [3.63, 3.8) is 0 Å². The molecule has 2 aromatic carbocycles. The molecule has 3 aromatic rings. The standard InChI is InChI=1S/C21H18ClFN2O3/c1-13-11-15(6-9-18(13)23)19-12-17(21(27)28)20(26)25(24-19)10-2-3-14-4-7-16(22)8-5-14/h4-9,11-12H,2-3,10H2,1H3,(H,27,28). The van der Waals surface area contributed by atoms with Gasteiger partial charge in [-0.05, 0) is 67.3 Å². The second-order valence-electron chi connectivity index (χ2n) is 6.47. The maximum absolute atomic E-state index is 13.5. The van der Waals surface area contributed by atoms with Crippen LogP contribution in [0.25, 0.3) is 11.3 Å². The molecule has 144 valence electrons. The normalized spacial score (nSPS) is 10.8. The minimum absolute atomic E-state index is 0.260. The lowest BCUT2D eigenvalue weighted by molar-refractivity contribution is 0.0693. The van der Waals surface area contributed by atoms with Crippen LogP contribution in [-0.4, -0.2) is 20.9 Å².